The number of hydrogen-bond donors (Lipinski definition) is 0. The highest BCUT2D eigenvalue weighted by Crippen LogP contribution is 2.37. The summed E-state index contributed by atoms with van der Waals surface area (Å²) in [7, 11) is 0. The van der Waals surface area contributed by atoms with Crippen molar-refractivity contribution in [1.82, 2.24) is 9.55 Å². The van der Waals surface area contributed by atoms with Gasteiger partial charge in [-0.3, -0.25) is 0 Å². The van der Waals surface area contributed by atoms with Crippen LogP contribution < -0.4 is 0 Å². The van der Waals surface area contributed by atoms with Crippen LogP contribution in [0.1, 0.15) is 38.1 Å². The minimum absolute atomic E-state index is 0.243. The Morgan fingerprint density at radius 1 is 1.44 bits per heavy atom. The Bertz CT molecular complexity index is 578. The number of benzene rings is 1. The van der Waals surface area contributed by atoms with Crippen LogP contribution in [0.3, 0.4) is 0 Å². The average molecular weight is 267 g/mol. The minimum Gasteiger partial charge on any atom is -0.324 e. The molecule has 2 nitrogen and oxygen atoms in total. The first-order chi connectivity index (χ1) is 8.69. The molecule has 1 saturated carbocycles. The molecule has 0 saturated heterocycles. The summed E-state index contributed by atoms with van der Waals surface area (Å²) in [4.78, 5) is 4.45. The Hall–Kier alpha value is -1.09. The van der Waals surface area contributed by atoms with E-state index in [1.807, 2.05) is 6.07 Å². The zero-order chi connectivity index (χ0) is 12.7. The van der Waals surface area contributed by atoms with Gasteiger partial charge in [-0.05, 0) is 37.3 Å². The van der Waals surface area contributed by atoms with E-state index in [0.29, 0.717) is 17.4 Å². The van der Waals surface area contributed by atoms with E-state index in [9.17, 15) is 4.39 Å². The van der Waals surface area contributed by atoms with E-state index in [0.717, 1.165) is 30.1 Å². The fourth-order valence-electron chi connectivity index (χ4n) is 3.04. The maximum atomic E-state index is 13.2. The molecule has 2 unspecified atom stereocenters. The molecule has 0 radical (unpaired) electrons. The Labute approximate surface area is 111 Å². The van der Waals surface area contributed by atoms with Gasteiger partial charge in [0.05, 0.1) is 16.9 Å². The Morgan fingerprint density at radius 2 is 2.28 bits per heavy atom. The van der Waals surface area contributed by atoms with Gasteiger partial charge in [-0.2, -0.15) is 0 Å². The number of rotatable bonds is 2. The second-order valence-corrected chi connectivity index (χ2v) is 5.50. The smallest absolute Gasteiger partial charge is 0.125 e. The largest absolute Gasteiger partial charge is 0.324 e. The summed E-state index contributed by atoms with van der Waals surface area (Å²) in [5.74, 6) is 1.74. The quantitative estimate of drug-likeness (QED) is 0.742. The zero-order valence-corrected chi connectivity index (χ0v) is 11.1. The predicted octanol–water partition coefficient (Wildman–Crippen LogP) is 4.28. The number of aromatic nitrogens is 2. The molecule has 0 bridgehead atoms. The van der Waals surface area contributed by atoms with Crippen LogP contribution in [0, 0.1) is 11.7 Å². The third-order valence-electron chi connectivity index (χ3n) is 3.88. The van der Waals surface area contributed by atoms with Gasteiger partial charge in [-0.1, -0.05) is 6.92 Å². The standard InChI is InChI=1S/C14H16ClFN2/c1-9-2-4-11(6-9)18-13-5-3-10(16)7-12(13)17-14(18)8-15/h3,5,7,9,11H,2,4,6,8H2,1H3. The Kier molecular flexibility index (Phi) is 3.02. The summed E-state index contributed by atoms with van der Waals surface area (Å²) >= 11 is 5.98. The summed E-state index contributed by atoms with van der Waals surface area (Å²) in [6, 6.07) is 5.26. The lowest BCUT2D eigenvalue weighted by molar-refractivity contribution is 0.493. The number of fused-ring (bicyclic) bond motifs is 1. The van der Waals surface area contributed by atoms with Crippen molar-refractivity contribution >= 4 is 22.6 Å². The first kappa shape index (κ1) is 12.0. The first-order valence-electron chi connectivity index (χ1n) is 6.41. The third-order valence-corrected chi connectivity index (χ3v) is 4.12. The van der Waals surface area contributed by atoms with Gasteiger partial charge < -0.3 is 4.57 Å². The summed E-state index contributed by atoms with van der Waals surface area (Å²) in [6.07, 6.45) is 3.56. The van der Waals surface area contributed by atoms with Crippen molar-refractivity contribution in [1.29, 1.82) is 0 Å². The molecule has 18 heavy (non-hydrogen) atoms. The number of nitrogens with zero attached hydrogens (tertiary/aromatic N) is 2. The van der Waals surface area contributed by atoms with Gasteiger partial charge in [-0.15, -0.1) is 11.6 Å². The van der Waals surface area contributed by atoms with Gasteiger partial charge in [0.15, 0.2) is 0 Å². The van der Waals surface area contributed by atoms with Crippen LogP contribution in [0.25, 0.3) is 11.0 Å². The van der Waals surface area contributed by atoms with E-state index in [2.05, 4.69) is 16.5 Å². The van der Waals surface area contributed by atoms with Crippen LogP contribution >= 0.6 is 11.6 Å². The molecule has 1 aromatic heterocycles. The molecule has 1 fully saturated rings. The maximum Gasteiger partial charge on any atom is 0.125 e. The Balaban J connectivity index is 2.13. The summed E-state index contributed by atoms with van der Waals surface area (Å²) in [5.41, 5.74) is 1.72. The number of halogens is 2. The van der Waals surface area contributed by atoms with Crippen molar-refractivity contribution in [2.45, 2.75) is 38.1 Å². The molecule has 1 heterocycles. The van der Waals surface area contributed by atoms with Gasteiger partial charge in [-0.25, -0.2) is 9.37 Å². The minimum atomic E-state index is -0.243. The molecule has 2 atom stereocenters. The number of imidazole rings is 1. The molecule has 4 heteroatoms. The van der Waals surface area contributed by atoms with Gasteiger partial charge in [0.1, 0.15) is 11.6 Å². The van der Waals surface area contributed by atoms with Crippen LogP contribution in [-0.4, -0.2) is 9.55 Å². The van der Waals surface area contributed by atoms with E-state index >= 15 is 0 Å². The molecule has 1 aromatic carbocycles. The average Bonchev–Trinajstić information content (AvgIpc) is 2.91. The zero-order valence-electron chi connectivity index (χ0n) is 10.4. The van der Waals surface area contributed by atoms with Gasteiger partial charge in [0.25, 0.3) is 0 Å². The maximum absolute atomic E-state index is 13.2. The van der Waals surface area contributed by atoms with Crippen LogP contribution in [0.4, 0.5) is 4.39 Å². The van der Waals surface area contributed by atoms with E-state index < -0.39 is 0 Å². The van der Waals surface area contributed by atoms with Crippen LogP contribution in [0.5, 0.6) is 0 Å². The lowest BCUT2D eigenvalue weighted by Crippen LogP contribution is -2.08. The van der Waals surface area contributed by atoms with Crippen molar-refractivity contribution < 1.29 is 4.39 Å². The van der Waals surface area contributed by atoms with E-state index in [1.165, 1.54) is 18.6 Å². The van der Waals surface area contributed by atoms with Crippen LogP contribution in [-0.2, 0) is 5.88 Å². The van der Waals surface area contributed by atoms with E-state index in [-0.39, 0.29) is 5.82 Å². The molecular weight excluding hydrogens is 251 g/mol. The summed E-state index contributed by atoms with van der Waals surface area (Å²) < 4.78 is 15.5. The molecule has 0 amide bonds. The second-order valence-electron chi connectivity index (χ2n) is 5.24. The van der Waals surface area contributed by atoms with Gasteiger partial charge in [0, 0.05) is 12.1 Å². The van der Waals surface area contributed by atoms with E-state index in [1.54, 1.807) is 0 Å². The number of hydrogen-bond acceptors (Lipinski definition) is 1. The number of alkyl halides is 1. The van der Waals surface area contributed by atoms with Gasteiger partial charge >= 0.3 is 0 Å². The van der Waals surface area contributed by atoms with Crippen molar-refractivity contribution in [3.05, 3.63) is 29.8 Å². The third kappa shape index (κ3) is 1.91. The molecule has 0 aliphatic heterocycles. The normalized spacial score (nSPS) is 23.9. The van der Waals surface area contributed by atoms with E-state index in [4.69, 9.17) is 11.6 Å². The fraction of sp³-hybridized carbons (Fsp3) is 0.500. The highest BCUT2D eigenvalue weighted by atomic mass is 35.5. The molecule has 1 aliphatic rings. The summed E-state index contributed by atoms with van der Waals surface area (Å²) in [6.45, 7) is 2.28. The highest BCUT2D eigenvalue weighted by Gasteiger charge is 2.26. The van der Waals surface area contributed by atoms with Crippen LogP contribution in [0.2, 0.25) is 0 Å². The monoisotopic (exact) mass is 266 g/mol. The molecule has 0 N–H and O–H groups in total. The van der Waals surface area contributed by atoms with Crippen molar-refractivity contribution in [2.75, 3.05) is 0 Å². The lowest BCUT2D eigenvalue weighted by atomic mass is 10.1. The molecule has 0 spiro atoms. The molecule has 3 rings (SSSR count). The van der Waals surface area contributed by atoms with Crippen LogP contribution in [0.15, 0.2) is 18.2 Å². The molecular formula is C14H16ClFN2. The summed E-state index contributed by atoms with van der Waals surface area (Å²) in [5, 5.41) is 0. The van der Waals surface area contributed by atoms with Crippen molar-refractivity contribution in [2.24, 2.45) is 5.92 Å². The first-order valence-corrected chi connectivity index (χ1v) is 6.95. The van der Waals surface area contributed by atoms with Gasteiger partial charge in [0.2, 0.25) is 0 Å². The predicted molar refractivity (Wildman–Crippen MR) is 71.3 cm³/mol. The topological polar surface area (TPSA) is 17.8 Å². The lowest BCUT2D eigenvalue weighted by Gasteiger charge is -2.15. The highest BCUT2D eigenvalue weighted by molar-refractivity contribution is 6.16. The second kappa shape index (κ2) is 4.54. The van der Waals surface area contributed by atoms with Crippen molar-refractivity contribution in [3.8, 4) is 0 Å². The molecule has 96 valence electrons. The fourth-order valence-corrected chi connectivity index (χ4v) is 3.22. The SMILES string of the molecule is CC1CCC(n2c(CCl)nc3cc(F)ccc32)C1. The Morgan fingerprint density at radius 3 is 2.94 bits per heavy atom. The molecule has 1 aliphatic carbocycles. The van der Waals surface area contributed by atoms with Crippen molar-refractivity contribution in [3.63, 3.8) is 0 Å². The molecule has 2 aromatic rings.